The van der Waals surface area contributed by atoms with E-state index in [1.807, 2.05) is 13.8 Å². The van der Waals surface area contributed by atoms with Crippen LogP contribution < -0.4 is 10.6 Å². The molecule has 0 aromatic rings. The lowest BCUT2D eigenvalue weighted by Crippen LogP contribution is -2.48. The van der Waals surface area contributed by atoms with Gasteiger partial charge >= 0.3 is 12.0 Å². The standard InChI is InChI=1S/C9H18N2O3/c1-4-6(3)10-9(14)11-7(5-2)8(12)13/h6-7H,4-5H2,1-3H3,(H,12,13)(H2,10,11,14)/t6?,7-/m0/s1. The van der Waals surface area contributed by atoms with Crippen molar-refractivity contribution >= 4 is 12.0 Å². The van der Waals surface area contributed by atoms with Crippen molar-refractivity contribution in [3.05, 3.63) is 0 Å². The molecule has 1 unspecified atom stereocenters. The van der Waals surface area contributed by atoms with Crippen LogP contribution >= 0.6 is 0 Å². The van der Waals surface area contributed by atoms with Crippen molar-refractivity contribution in [1.29, 1.82) is 0 Å². The molecular weight excluding hydrogens is 184 g/mol. The highest BCUT2D eigenvalue weighted by atomic mass is 16.4. The molecule has 0 aromatic carbocycles. The van der Waals surface area contributed by atoms with Crippen molar-refractivity contribution in [3.8, 4) is 0 Å². The summed E-state index contributed by atoms with van der Waals surface area (Å²) in [5.41, 5.74) is 0. The molecule has 0 radical (unpaired) electrons. The summed E-state index contributed by atoms with van der Waals surface area (Å²) in [5, 5.41) is 13.7. The Morgan fingerprint density at radius 1 is 1.21 bits per heavy atom. The molecule has 82 valence electrons. The van der Waals surface area contributed by atoms with Crippen LogP contribution in [-0.2, 0) is 4.79 Å². The van der Waals surface area contributed by atoms with Crippen LogP contribution in [-0.4, -0.2) is 29.2 Å². The van der Waals surface area contributed by atoms with Crippen LogP contribution in [0.4, 0.5) is 4.79 Å². The number of hydrogen-bond acceptors (Lipinski definition) is 2. The zero-order valence-electron chi connectivity index (χ0n) is 8.83. The minimum absolute atomic E-state index is 0.0568. The van der Waals surface area contributed by atoms with E-state index in [1.54, 1.807) is 6.92 Å². The molecule has 0 aliphatic heterocycles. The maximum Gasteiger partial charge on any atom is 0.326 e. The third-order valence-electron chi connectivity index (χ3n) is 2.00. The third-order valence-corrected chi connectivity index (χ3v) is 2.00. The number of urea groups is 1. The van der Waals surface area contributed by atoms with Gasteiger partial charge in [-0.2, -0.15) is 0 Å². The van der Waals surface area contributed by atoms with Crippen LogP contribution in [0.1, 0.15) is 33.6 Å². The normalized spacial score (nSPS) is 14.2. The average Bonchev–Trinajstić information content (AvgIpc) is 2.13. The largest absolute Gasteiger partial charge is 0.480 e. The van der Waals surface area contributed by atoms with E-state index in [2.05, 4.69) is 10.6 Å². The molecule has 0 saturated heterocycles. The highest BCUT2D eigenvalue weighted by molar-refractivity contribution is 5.82. The molecule has 3 N–H and O–H groups in total. The number of carboxylic acid groups (broad SMARTS) is 1. The van der Waals surface area contributed by atoms with Gasteiger partial charge in [-0.05, 0) is 19.8 Å². The fraction of sp³-hybridized carbons (Fsp3) is 0.778. The SMILES string of the molecule is CCC(C)NC(=O)N[C@@H](CC)C(=O)O. The molecule has 0 saturated carbocycles. The van der Waals surface area contributed by atoms with E-state index in [1.165, 1.54) is 0 Å². The van der Waals surface area contributed by atoms with Crippen molar-refractivity contribution in [2.24, 2.45) is 0 Å². The molecule has 0 fully saturated rings. The number of rotatable bonds is 5. The Bertz CT molecular complexity index is 206. The highest BCUT2D eigenvalue weighted by Gasteiger charge is 2.17. The first-order chi connectivity index (χ1) is 6.51. The Kier molecular flexibility index (Phi) is 5.67. The van der Waals surface area contributed by atoms with Gasteiger partial charge in [-0.25, -0.2) is 9.59 Å². The first-order valence-corrected chi connectivity index (χ1v) is 4.81. The molecular formula is C9H18N2O3. The van der Waals surface area contributed by atoms with Crippen LogP contribution in [0.5, 0.6) is 0 Å². The van der Waals surface area contributed by atoms with E-state index in [0.29, 0.717) is 6.42 Å². The molecule has 0 heterocycles. The number of hydrogen-bond donors (Lipinski definition) is 3. The lowest BCUT2D eigenvalue weighted by molar-refractivity contribution is -0.139. The summed E-state index contributed by atoms with van der Waals surface area (Å²) in [7, 11) is 0. The molecule has 0 rings (SSSR count). The lowest BCUT2D eigenvalue weighted by Gasteiger charge is -2.16. The lowest BCUT2D eigenvalue weighted by atomic mass is 10.2. The second-order valence-corrected chi connectivity index (χ2v) is 3.23. The van der Waals surface area contributed by atoms with Gasteiger partial charge in [0.15, 0.2) is 0 Å². The van der Waals surface area contributed by atoms with E-state index in [0.717, 1.165) is 6.42 Å². The van der Waals surface area contributed by atoms with Gasteiger partial charge in [0.1, 0.15) is 6.04 Å². The molecule has 0 bridgehead atoms. The van der Waals surface area contributed by atoms with E-state index in [9.17, 15) is 9.59 Å². The summed E-state index contributed by atoms with van der Waals surface area (Å²) in [5.74, 6) is -1.01. The average molecular weight is 202 g/mol. The number of aliphatic carboxylic acids is 1. The van der Waals surface area contributed by atoms with Gasteiger partial charge in [-0.15, -0.1) is 0 Å². The summed E-state index contributed by atoms with van der Waals surface area (Å²) in [6.45, 7) is 5.52. The van der Waals surface area contributed by atoms with E-state index in [4.69, 9.17) is 5.11 Å². The first-order valence-electron chi connectivity index (χ1n) is 4.81. The number of carbonyl (C=O) groups is 2. The molecule has 0 aliphatic rings. The van der Waals surface area contributed by atoms with Gasteiger partial charge in [0.05, 0.1) is 0 Å². The number of carboxylic acids is 1. The molecule has 5 heteroatoms. The van der Waals surface area contributed by atoms with Crippen LogP contribution in [0, 0.1) is 0 Å². The molecule has 0 aromatic heterocycles. The Morgan fingerprint density at radius 3 is 2.14 bits per heavy atom. The van der Waals surface area contributed by atoms with Gasteiger partial charge < -0.3 is 15.7 Å². The Balaban J connectivity index is 3.97. The van der Waals surface area contributed by atoms with Gasteiger partial charge in [0, 0.05) is 6.04 Å². The molecule has 14 heavy (non-hydrogen) atoms. The maximum absolute atomic E-state index is 11.2. The number of carbonyl (C=O) groups excluding carboxylic acids is 1. The molecule has 0 spiro atoms. The Hall–Kier alpha value is -1.26. The highest BCUT2D eigenvalue weighted by Crippen LogP contribution is 1.92. The summed E-state index contributed by atoms with van der Waals surface area (Å²) in [6, 6.07) is -1.17. The second-order valence-electron chi connectivity index (χ2n) is 3.23. The maximum atomic E-state index is 11.2. The Morgan fingerprint density at radius 2 is 1.79 bits per heavy atom. The predicted octanol–water partition coefficient (Wildman–Crippen LogP) is 0.947. The minimum Gasteiger partial charge on any atom is -0.480 e. The summed E-state index contributed by atoms with van der Waals surface area (Å²) >= 11 is 0. The van der Waals surface area contributed by atoms with Crippen LogP contribution in [0.2, 0.25) is 0 Å². The molecule has 0 aliphatic carbocycles. The molecule has 5 nitrogen and oxygen atoms in total. The van der Waals surface area contributed by atoms with Crippen LogP contribution in [0.15, 0.2) is 0 Å². The van der Waals surface area contributed by atoms with E-state index >= 15 is 0 Å². The predicted molar refractivity (Wildman–Crippen MR) is 53.1 cm³/mol. The third kappa shape index (κ3) is 4.69. The summed E-state index contributed by atoms with van der Waals surface area (Å²) in [6.07, 6.45) is 1.19. The zero-order valence-corrected chi connectivity index (χ0v) is 8.83. The molecule has 2 amide bonds. The fourth-order valence-corrected chi connectivity index (χ4v) is 0.864. The van der Waals surface area contributed by atoms with Crippen molar-refractivity contribution in [1.82, 2.24) is 10.6 Å². The monoisotopic (exact) mass is 202 g/mol. The van der Waals surface area contributed by atoms with Gasteiger partial charge in [0.25, 0.3) is 0 Å². The van der Waals surface area contributed by atoms with Gasteiger partial charge in [0.2, 0.25) is 0 Å². The quantitative estimate of drug-likeness (QED) is 0.621. The van der Waals surface area contributed by atoms with E-state index < -0.39 is 18.0 Å². The minimum atomic E-state index is -1.01. The van der Waals surface area contributed by atoms with Crippen molar-refractivity contribution in [2.75, 3.05) is 0 Å². The Labute approximate surface area is 83.9 Å². The van der Waals surface area contributed by atoms with Gasteiger partial charge in [-0.1, -0.05) is 13.8 Å². The van der Waals surface area contributed by atoms with Gasteiger partial charge in [-0.3, -0.25) is 0 Å². The topological polar surface area (TPSA) is 78.4 Å². The first kappa shape index (κ1) is 12.7. The van der Waals surface area contributed by atoms with Crippen molar-refractivity contribution in [3.63, 3.8) is 0 Å². The second kappa shape index (κ2) is 6.23. The molecule has 2 atom stereocenters. The van der Waals surface area contributed by atoms with E-state index in [-0.39, 0.29) is 6.04 Å². The zero-order chi connectivity index (χ0) is 11.1. The van der Waals surface area contributed by atoms with Crippen molar-refractivity contribution < 1.29 is 14.7 Å². The van der Waals surface area contributed by atoms with Crippen LogP contribution in [0.25, 0.3) is 0 Å². The smallest absolute Gasteiger partial charge is 0.326 e. The number of amides is 2. The number of nitrogens with one attached hydrogen (secondary N) is 2. The summed E-state index contributed by atoms with van der Waals surface area (Å²) < 4.78 is 0. The van der Waals surface area contributed by atoms with Crippen LogP contribution in [0.3, 0.4) is 0 Å². The summed E-state index contributed by atoms with van der Waals surface area (Å²) in [4.78, 5) is 21.8. The fourth-order valence-electron chi connectivity index (χ4n) is 0.864. The van der Waals surface area contributed by atoms with Crippen molar-refractivity contribution in [2.45, 2.75) is 45.7 Å².